The Hall–Kier alpha value is -1.83. The number of aromatic hydroxyl groups is 1. The molecule has 0 fully saturated rings. The predicted molar refractivity (Wildman–Crippen MR) is 50.5 cm³/mol. The van der Waals surface area contributed by atoms with Crippen molar-refractivity contribution in [2.75, 3.05) is 7.11 Å². The fraction of sp³-hybridized carbons (Fsp3) is 0.333. The molecule has 0 aliphatic carbocycles. The summed E-state index contributed by atoms with van der Waals surface area (Å²) in [4.78, 5) is 9.39. The Morgan fingerprint density at radius 3 is 2.47 bits per heavy atom. The predicted octanol–water partition coefficient (Wildman–Crippen LogP) is 2.47. The van der Waals surface area contributed by atoms with Gasteiger partial charge in [-0.1, -0.05) is 0 Å². The number of benzene rings is 1. The number of alkyl halides is 3. The number of nitro groups is 1. The van der Waals surface area contributed by atoms with Gasteiger partial charge in [0, 0.05) is 18.7 Å². The van der Waals surface area contributed by atoms with Crippen molar-refractivity contribution < 1.29 is 27.9 Å². The van der Waals surface area contributed by atoms with E-state index in [2.05, 4.69) is 4.74 Å². The van der Waals surface area contributed by atoms with Gasteiger partial charge in [0.15, 0.2) is 0 Å². The van der Waals surface area contributed by atoms with Crippen LogP contribution in [0.2, 0.25) is 0 Å². The van der Waals surface area contributed by atoms with Gasteiger partial charge in [-0.05, 0) is 0 Å². The van der Waals surface area contributed by atoms with Gasteiger partial charge in [-0.15, -0.1) is 0 Å². The zero-order chi connectivity index (χ0) is 13.2. The summed E-state index contributed by atoms with van der Waals surface area (Å²) in [6.07, 6.45) is -4.79. The lowest BCUT2D eigenvalue weighted by Gasteiger charge is -2.13. The lowest BCUT2D eigenvalue weighted by molar-refractivity contribution is -0.385. The SMILES string of the molecule is COCc1c(O)cc([N+](=O)[O-])cc1C(F)(F)F. The quantitative estimate of drug-likeness (QED) is 0.661. The van der Waals surface area contributed by atoms with E-state index in [4.69, 9.17) is 0 Å². The van der Waals surface area contributed by atoms with E-state index in [1.807, 2.05) is 0 Å². The summed E-state index contributed by atoms with van der Waals surface area (Å²) in [6.45, 7) is -0.487. The molecule has 0 saturated heterocycles. The molecule has 5 nitrogen and oxygen atoms in total. The number of phenols is 1. The maximum atomic E-state index is 12.6. The highest BCUT2D eigenvalue weighted by molar-refractivity contribution is 5.49. The molecule has 0 spiro atoms. The van der Waals surface area contributed by atoms with Crippen LogP contribution in [0, 0.1) is 10.1 Å². The highest BCUT2D eigenvalue weighted by Gasteiger charge is 2.36. The van der Waals surface area contributed by atoms with E-state index in [9.17, 15) is 28.4 Å². The van der Waals surface area contributed by atoms with Crippen molar-refractivity contribution in [2.24, 2.45) is 0 Å². The number of hydrogen-bond acceptors (Lipinski definition) is 4. The normalized spacial score (nSPS) is 11.5. The van der Waals surface area contributed by atoms with Gasteiger partial charge >= 0.3 is 6.18 Å². The van der Waals surface area contributed by atoms with E-state index in [0.717, 1.165) is 7.11 Å². The zero-order valence-electron chi connectivity index (χ0n) is 8.61. The van der Waals surface area contributed by atoms with E-state index in [0.29, 0.717) is 12.1 Å². The van der Waals surface area contributed by atoms with Crippen molar-refractivity contribution >= 4 is 5.69 Å². The van der Waals surface area contributed by atoms with Crippen LogP contribution in [0.5, 0.6) is 5.75 Å². The molecule has 1 aromatic carbocycles. The van der Waals surface area contributed by atoms with Crippen LogP contribution in [0.1, 0.15) is 11.1 Å². The smallest absolute Gasteiger partial charge is 0.417 e. The highest BCUT2D eigenvalue weighted by Crippen LogP contribution is 2.38. The molecule has 0 aromatic heterocycles. The molecular formula is C9H8F3NO4. The third-order valence-corrected chi connectivity index (χ3v) is 2.02. The minimum Gasteiger partial charge on any atom is -0.507 e. The topological polar surface area (TPSA) is 72.6 Å². The van der Waals surface area contributed by atoms with Gasteiger partial charge in [-0.2, -0.15) is 13.2 Å². The molecule has 0 unspecified atom stereocenters. The van der Waals surface area contributed by atoms with E-state index < -0.39 is 40.3 Å². The third kappa shape index (κ3) is 2.84. The lowest BCUT2D eigenvalue weighted by Crippen LogP contribution is -2.10. The van der Waals surface area contributed by atoms with E-state index >= 15 is 0 Å². The number of halogens is 3. The molecule has 0 bridgehead atoms. The van der Waals surface area contributed by atoms with Crippen molar-refractivity contribution in [1.29, 1.82) is 0 Å². The molecule has 0 atom stereocenters. The number of nitro benzene ring substituents is 1. The first-order chi connectivity index (χ1) is 7.77. The Balaban J connectivity index is 3.45. The molecule has 1 aromatic rings. The Morgan fingerprint density at radius 1 is 1.47 bits per heavy atom. The molecule has 0 aliphatic heterocycles. The van der Waals surface area contributed by atoms with E-state index in [1.54, 1.807) is 0 Å². The Bertz CT molecular complexity index is 445. The number of rotatable bonds is 3. The first-order valence-electron chi connectivity index (χ1n) is 4.33. The van der Waals surface area contributed by atoms with Crippen LogP contribution in [-0.4, -0.2) is 17.1 Å². The summed E-state index contributed by atoms with van der Waals surface area (Å²) in [5.74, 6) is -0.812. The average Bonchev–Trinajstić information content (AvgIpc) is 2.18. The summed E-state index contributed by atoms with van der Waals surface area (Å²) in [6, 6.07) is 1.03. The molecule has 0 aliphatic rings. The summed E-state index contributed by atoms with van der Waals surface area (Å²) < 4.78 is 42.3. The molecule has 1 N–H and O–H groups in total. The van der Waals surface area contributed by atoms with Gasteiger partial charge in [0.2, 0.25) is 0 Å². The molecule has 94 valence electrons. The van der Waals surface area contributed by atoms with Crippen LogP contribution in [-0.2, 0) is 17.5 Å². The van der Waals surface area contributed by atoms with Gasteiger partial charge in [0.25, 0.3) is 5.69 Å². The third-order valence-electron chi connectivity index (χ3n) is 2.02. The lowest BCUT2D eigenvalue weighted by atomic mass is 10.1. The fourth-order valence-corrected chi connectivity index (χ4v) is 1.30. The number of ether oxygens (including phenoxy) is 1. The number of non-ortho nitro benzene ring substituents is 1. The van der Waals surface area contributed by atoms with Crippen LogP contribution < -0.4 is 0 Å². The van der Waals surface area contributed by atoms with Gasteiger partial charge in [-0.3, -0.25) is 10.1 Å². The van der Waals surface area contributed by atoms with Crippen LogP contribution in [0.15, 0.2) is 12.1 Å². The summed E-state index contributed by atoms with van der Waals surface area (Å²) in [5, 5.41) is 19.7. The largest absolute Gasteiger partial charge is 0.507 e. The minimum absolute atomic E-state index is 0.369. The monoisotopic (exact) mass is 251 g/mol. The maximum absolute atomic E-state index is 12.6. The second-order valence-electron chi connectivity index (χ2n) is 3.18. The molecule has 0 amide bonds. The van der Waals surface area contributed by atoms with E-state index in [-0.39, 0.29) is 0 Å². The molecule has 8 heteroatoms. The van der Waals surface area contributed by atoms with Gasteiger partial charge in [0.1, 0.15) is 5.75 Å². The van der Waals surface area contributed by atoms with Crippen LogP contribution in [0.4, 0.5) is 18.9 Å². The average molecular weight is 251 g/mol. The Morgan fingerprint density at radius 2 is 2.06 bits per heavy atom. The Kier molecular flexibility index (Phi) is 3.56. The number of phenolic OH excluding ortho intramolecular Hbond substituents is 1. The zero-order valence-corrected chi connectivity index (χ0v) is 8.61. The summed E-state index contributed by atoms with van der Waals surface area (Å²) in [5.41, 5.74) is -2.62. The molecule has 1 rings (SSSR count). The Labute approximate surface area is 93.6 Å². The van der Waals surface area contributed by atoms with Crippen LogP contribution >= 0.6 is 0 Å². The molecule has 0 radical (unpaired) electrons. The van der Waals surface area contributed by atoms with E-state index in [1.165, 1.54) is 0 Å². The van der Waals surface area contributed by atoms with Crippen molar-refractivity contribution in [3.05, 3.63) is 33.4 Å². The van der Waals surface area contributed by atoms with Gasteiger partial charge in [-0.25, -0.2) is 0 Å². The highest BCUT2D eigenvalue weighted by atomic mass is 19.4. The first-order valence-corrected chi connectivity index (χ1v) is 4.33. The van der Waals surface area contributed by atoms with Crippen molar-refractivity contribution in [1.82, 2.24) is 0 Å². The van der Waals surface area contributed by atoms with Crippen LogP contribution in [0.25, 0.3) is 0 Å². The van der Waals surface area contributed by atoms with Crippen molar-refractivity contribution in [3.63, 3.8) is 0 Å². The fourth-order valence-electron chi connectivity index (χ4n) is 1.30. The van der Waals surface area contributed by atoms with Gasteiger partial charge < -0.3 is 9.84 Å². The van der Waals surface area contributed by atoms with Crippen molar-refractivity contribution in [2.45, 2.75) is 12.8 Å². The number of hydrogen-bond donors (Lipinski definition) is 1. The number of methoxy groups -OCH3 is 1. The standard InChI is InChI=1S/C9H8F3NO4/c1-17-4-6-7(9(10,11)12)2-5(13(15)16)3-8(6)14/h2-3,14H,4H2,1H3. The summed E-state index contributed by atoms with van der Waals surface area (Å²) >= 11 is 0. The summed E-state index contributed by atoms with van der Waals surface area (Å²) in [7, 11) is 1.15. The number of nitrogens with zero attached hydrogens (tertiary/aromatic N) is 1. The van der Waals surface area contributed by atoms with Crippen LogP contribution in [0.3, 0.4) is 0 Å². The maximum Gasteiger partial charge on any atom is 0.417 e. The van der Waals surface area contributed by atoms with Crippen molar-refractivity contribution in [3.8, 4) is 5.75 Å². The second-order valence-corrected chi connectivity index (χ2v) is 3.18. The first kappa shape index (κ1) is 13.2. The second kappa shape index (κ2) is 4.58. The minimum atomic E-state index is -4.79. The van der Waals surface area contributed by atoms with Gasteiger partial charge in [0.05, 0.1) is 23.2 Å². The molecule has 0 heterocycles. The molecular weight excluding hydrogens is 243 g/mol. The molecule has 17 heavy (non-hydrogen) atoms. The molecule has 0 saturated carbocycles.